The highest BCUT2D eigenvalue weighted by Gasteiger charge is 2.14. The summed E-state index contributed by atoms with van der Waals surface area (Å²) in [5.74, 6) is 0.174. The molecule has 0 aliphatic carbocycles. The van der Waals surface area contributed by atoms with Gasteiger partial charge in [0, 0.05) is 28.4 Å². The van der Waals surface area contributed by atoms with Gasteiger partial charge in [0.15, 0.2) is 5.58 Å². The zero-order valence-corrected chi connectivity index (χ0v) is 16.7. The van der Waals surface area contributed by atoms with E-state index in [0.717, 1.165) is 27.8 Å². The summed E-state index contributed by atoms with van der Waals surface area (Å²) in [6, 6.07) is 15.4. The van der Waals surface area contributed by atoms with E-state index in [4.69, 9.17) is 4.42 Å². The molecule has 1 amide bonds. The summed E-state index contributed by atoms with van der Waals surface area (Å²) in [5, 5.41) is 13.7. The summed E-state index contributed by atoms with van der Waals surface area (Å²) >= 11 is 0. The quantitative estimate of drug-likeness (QED) is 0.355. The molecule has 0 saturated heterocycles. The van der Waals surface area contributed by atoms with Crippen LogP contribution in [0.2, 0.25) is 0 Å². The molecule has 1 aromatic heterocycles. The van der Waals surface area contributed by atoms with E-state index < -0.39 is 4.92 Å². The molecule has 0 bridgehead atoms. The van der Waals surface area contributed by atoms with Crippen LogP contribution in [-0.4, -0.2) is 15.8 Å². The zero-order valence-electron chi connectivity index (χ0n) is 16.7. The molecule has 150 valence electrons. The number of oxazole rings is 1. The number of aryl methyl sites for hydroxylation is 3. The first-order valence-electron chi connectivity index (χ1n) is 9.36. The van der Waals surface area contributed by atoms with Gasteiger partial charge in [-0.2, -0.15) is 0 Å². The van der Waals surface area contributed by atoms with E-state index in [9.17, 15) is 14.9 Å². The molecule has 0 fully saturated rings. The smallest absolute Gasteiger partial charge is 0.272 e. The minimum absolute atomic E-state index is 0.0142. The van der Waals surface area contributed by atoms with Crippen molar-refractivity contribution < 1.29 is 14.1 Å². The molecule has 1 heterocycles. The number of nitro benzene ring substituents is 1. The monoisotopic (exact) mass is 401 g/mol. The Bertz CT molecular complexity index is 1250. The number of benzene rings is 3. The van der Waals surface area contributed by atoms with Crippen LogP contribution in [0, 0.1) is 30.9 Å². The second kappa shape index (κ2) is 7.44. The van der Waals surface area contributed by atoms with Gasteiger partial charge >= 0.3 is 0 Å². The van der Waals surface area contributed by atoms with E-state index in [0.29, 0.717) is 22.7 Å². The van der Waals surface area contributed by atoms with Gasteiger partial charge in [-0.15, -0.1) is 0 Å². The maximum Gasteiger partial charge on any atom is 0.272 e. The summed E-state index contributed by atoms with van der Waals surface area (Å²) in [4.78, 5) is 27.5. The van der Waals surface area contributed by atoms with Crippen LogP contribution in [0.1, 0.15) is 27.0 Å². The topological polar surface area (TPSA) is 98.3 Å². The molecule has 0 saturated carbocycles. The number of nitro groups is 1. The molecular formula is C23H19N3O4. The third-order valence-electron chi connectivity index (χ3n) is 5.05. The molecule has 0 aliphatic heterocycles. The highest BCUT2D eigenvalue weighted by atomic mass is 16.6. The maximum atomic E-state index is 12.5. The van der Waals surface area contributed by atoms with E-state index in [2.05, 4.69) is 10.3 Å². The van der Waals surface area contributed by atoms with Crippen molar-refractivity contribution >= 4 is 28.4 Å². The number of nitrogens with one attached hydrogen (secondary N) is 1. The highest BCUT2D eigenvalue weighted by Crippen LogP contribution is 2.27. The van der Waals surface area contributed by atoms with Gasteiger partial charge in [-0.25, -0.2) is 4.98 Å². The Morgan fingerprint density at radius 1 is 0.967 bits per heavy atom. The van der Waals surface area contributed by atoms with Gasteiger partial charge in [-0.1, -0.05) is 0 Å². The van der Waals surface area contributed by atoms with Crippen LogP contribution in [0.15, 0.2) is 59.0 Å². The lowest BCUT2D eigenvalue weighted by Crippen LogP contribution is -2.12. The van der Waals surface area contributed by atoms with Crippen LogP contribution in [-0.2, 0) is 0 Å². The second-order valence-corrected chi connectivity index (χ2v) is 7.21. The van der Waals surface area contributed by atoms with Gasteiger partial charge in [0.05, 0.1) is 4.92 Å². The molecule has 0 atom stereocenters. The number of hydrogen-bond donors (Lipinski definition) is 1. The number of amides is 1. The third-order valence-corrected chi connectivity index (χ3v) is 5.05. The minimum Gasteiger partial charge on any atom is -0.436 e. The fourth-order valence-electron chi connectivity index (χ4n) is 3.20. The molecule has 1 N–H and O–H groups in total. The summed E-state index contributed by atoms with van der Waals surface area (Å²) in [6.45, 7) is 5.67. The number of anilines is 1. The molecule has 0 unspecified atom stereocenters. The van der Waals surface area contributed by atoms with Crippen LogP contribution >= 0.6 is 0 Å². The van der Waals surface area contributed by atoms with Crippen molar-refractivity contribution in [3.63, 3.8) is 0 Å². The van der Waals surface area contributed by atoms with E-state index in [-0.39, 0.29) is 11.6 Å². The Labute approximate surface area is 172 Å². The standard InChI is InChI=1S/C23H19N3O4/c1-13-11-19-21(12-14(13)2)30-23(25-19)16-4-7-18(8-5-16)24-22(27)17-6-9-20(26(28)29)15(3)10-17/h4-12H,1-3H3,(H,24,27). The Balaban J connectivity index is 1.53. The van der Waals surface area contributed by atoms with E-state index in [1.165, 1.54) is 18.2 Å². The zero-order chi connectivity index (χ0) is 21.4. The lowest BCUT2D eigenvalue weighted by Gasteiger charge is -2.07. The fourth-order valence-corrected chi connectivity index (χ4v) is 3.20. The van der Waals surface area contributed by atoms with Crippen molar-refractivity contribution in [2.75, 3.05) is 5.32 Å². The molecule has 4 aromatic rings. The number of nitrogens with zero attached hydrogens (tertiary/aromatic N) is 2. The molecule has 3 aromatic carbocycles. The first-order valence-corrected chi connectivity index (χ1v) is 9.36. The fraction of sp³-hybridized carbons (Fsp3) is 0.130. The molecule has 4 rings (SSSR count). The summed E-state index contributed by atoms with van der Waals surface area (Å²) in [7, 11) is 0. The van der Waals surface area contributed by atoms with Gasteiger partial charge in [0.2, 0.25) is 5.89 Å². The van der Waals surface area contributed by atoms with E-state index in [1.54, 1.807) is 19.1 Å². The average Bonchev–Trinajstić information content (AvgIpc) is 3.11. The first-order chi connectivity index (χ1) is 14.3. The summed E-state index contributed by atoms with van der Waals surface area (Å²) in [5.41, 5.74) is 6.01. The van der Waals surface area contributed by atoms with Crippen LogP contribution in [0.4, 0.5) is 11.4 Å². The van der Waals surface area contributed by atoms with Crippen LogP contribution < -0.4 is 5.32 Å². The lowest BCUT2D eigenvalue weighted by atomic mass is 10.1. The number of rotatable bonds is 4. The number of carbonyl (C=O) groups excluding carboxylic acids is 1. The SMILES string of the molecule is Cc1cc2nc(-c3ccc(NC(=O)c4ccc([N+](=O)[O-])c(C)c4)cc3)oc2cc1C. The molecule has 0 radical (unpaired) electrons. The predicted octanol–water partition coefficient (Wildman–Crippen LogP) is 5.58. The average molecular weight is 401 g/mol. The maximum absolute atomic E-state index is 12.5. The third kappa shape index (κ3) is 3.65. The van der Waals surface area contributed by atoms with Gasteiger partial charge in [0.25, 0.3) is 11.6 Å². The van der Waals surface area contributed by atoms with Crippen molar-refractivity contribution in [1.82, 2.24) is 4.98 Å². The van der Waals surface area contributed by atoms with Crippen LogP contribution in [0.25, 0.3) is 22.6 Å². The summed E-state index contributed by atoms with van der Waals surface area (Å²) in [6.07, 6.45) is 0. The van der Waals surface area contributed by atoms with Crippen LogP contribution in [0.5, 0.6) is 0 Å². The predicted molar refractivity (Wildman–Crippen MR) is 115 cm³/mol. The molecule has 30 heavy (non-hydrogen) atoms. The minimum atomic E-state index is -0.468. The molecule has 0 aliphatic rings. The lowest BCUT2D eigenvalue weighted by molar-refractivity contribution is -0.385. The van der Waals surface area contributed by atoms with Crippen molar-refractivity contribution in [1.29, 1.82) is 0 Å². The molecule has 0 spiro atoms. The van der Waals surface area contributed by atoms with Gasteiger partial charge in [-0.3, -0.25) is 14.9 Å². The Kier molecular flexibility index (Phi) is 4.79. The first kappa shape index (κ1) is 19.3. The van der Waals surface area contributed by atoms with E-state index in [1.807, 2.05) is 38.1 Å². The number of fused-ring (bicyclic) bond motifs is 1. The number of carbonyl (C=O) groups is 1. The van der Waals surface area contributed by atoms with Gasteiger partial charge in [-0.05, 0) is 80.4 Å². The van der Waals surface area contributed by atoms with Crippen molar-refractivity contribution in [3.8, 4) is 11.5 Å². The Morgan fingerprint density at radius 3 is 2.33 bits per heavy atom. The Morgan fingerprint density at radius 2 is 1.67 bits per heavy atom. The van der Waals surface area contributed by atoms with Crippen molar-refractivity contribution in [3.05, 3.63) is 87.0 Å². The second-order valence-electron chi connectivity index (χ2n) is 7.21. The summed E-state index contributed by atoms with van der Waals surface area (Å²) < 4.78 is 5.87. The highest BCUT2D eigenvalue weighted by molar-refractivity contribution is 6.04. The normalized spacial score (nSPS) is 10.9. The van der Waals surface area contributed by atoms with E-state index >= 15 is 0 Å². The largest absolute Gasteiger partial charge is 0.436 e. The Hall–Kier alpha value is -4.00. The van der Waals surface area contributed by atoms with Crippen molar-refractivity contribution in [2.45, 2.75) is 20.8 Å². The van der Waals surface area contributed by atoms with Gasteiger partial charge in [0.1, 0.15) is 5.52 Å². The molecule has 7 heteroatoms. The van der Waals surface area contributed by atoms with Gasteiger partial charge < -0.3 is 9.73 Å². The van der Waals surface area contributed by atoms with Crippen LogP contribution in [0.3, 0.4) is 0 Å². The van der Waals surface area contributed by atoms with Crippen molar-refractivity contribution in [2.24, 2.45) is 0 Å². The number of aromatic nitrogens is 1. The number of hydrogen-bond acceptors (Lipinski definition) is 5. The molecule has 7 nitrogen and oxygen atoms in total. The molecular weight excluding hydrogens is 382 g/mol.